The first-order valence-corrected chi connectivity index (χ1v) is 9.40. The molecule has 0 radical (unpaired) electrons. The van der Waals surface area contributed by atoms with Gasteiger partial charge in [0.15, 0.2) is 15.7 Å². The van der Waals surface area contributed by atoms with Gasteiger partial charge in [-0.15, -0.1) is 0 Å². The van der Waals surface area contributed by atoms with Crippen molar-refractivity contribution in [2.75, 3.05) is 18.1 Å². The second-order valence-electron chi connectivity index (χ2n) is 5.80. The van der Waals surface area contributed by atoms with Crippen molar-refractivity contribution in [2.45, 2.75) is 13.8 Å². The number of amides is 1. The van der Waals surface area contributed by atoms with Gasteiger partial charge in [-0.05, 0) is 18.1 Å². The lowest BCUT2D eigenvalue weighted by Crippen LogP contribution is -2.30. The Labute approximate surface area is 141 Å². The first-order chi connectivity index (χ1) is 11.4. The number of sulfone groups is 1. The Balaban J connectivity index is 1.91. The zero-order valence-electron chi connectivity index (χ0n) is 13.6. The molecule has 0 saturated heterocycles. The predicted molar refractivity (Wildman–Crippen MR) is 91.1 cm³/mol. The smallest absolute Gasteiger partial charge is 0.254 e. The maximum Gasteiger partial charge on any atom is 0.254 e. The second-order valence-corrected chi connectivity index (χ2v) is 8.02. The molecule has 0 aliphatic rings. The van der Waals surface area contributed by atoms with E-state index in [0.29, 0.717) is 5.82 Å². The summed E-state index contributed by atoms with van der Waals surface area (Å²) >= 11 is 0. The topological polar surface area (TPSA) is 102 Å². The van der Waals surface area contributed by atoms with Crippen molar-refractivity contribution in [3.05, 3.63) is 42.5 Å². The van der Waals surface area contributed by atoms with Gasteiger partial charge in [0.05, 0.1) is 17.1 Å². The van der Waals surface area contributed by atoms with Crippen LogP contribution in [0.5, 0.6) is 0 Å². The molecule has 0 aliphatic heterocycles. The molecule has 128 valence electrons. The zero-order valence-corrected chi connectivity index (χ0v) is 14.5. The molecule has 2 aromatic heterocycles. The Kier molecular flexibility index (Phi) is 5.97. The number of hydrogen-bond donors (Lipinski definition) is 1. The molecule has 2 rings (SSSR count). The van der Waals surface area contributed by atoms with Gasteiger partial charge in [0.1, 0.15) is 0 Å². The van der Waals surface area contributed by atoms with Crippen LogP contribution in [0.3, 0.4) is 0 Å². The van der Waals surface area contributed by atoms with E-state index in [1.165, 1.54) is 12.4 Å². The summed E-state index contributed by atoms with van der Waals surface area (Å²) in [6, 6.07) is 3.54. The van der Waals surface area contributed by atoms with E-state index in [9.17, 15) is 13.2 Å². The maximum atomic E-state index is 12.0. The van der Waals surface area contributed by atoms with E-state index >= 15 is 0 Å². The molecule has 0 aromatic carbocycles. The summed E-state index contributed by atoms with van der Waals surface area (Å²) in [6.07, 6.45) is 6.11. The molecule has 0 aliphatic carbocycles. The van der Waals surface area contributed by atoms with E-state index in [2.05, 4.69) is 20.3 Å². The minimum atomic E-state index is -3.15. The number of nitrogens with one attached hydrogen (secondary N) is 1. The number of rotatable bonds is 7. The molecule has 0 unspecified atom stereocenters. The van der Waals surface area contributed by atoms with Crippen LogP contribution in [0.25, 0.3) is 11.4 Å². The van der Waals surface area contributed by atoms with Crippen molar-refractivity contribution in [1.82, 2.24) is 20.3 Å². The van der Waals surface area contributed by atoms with Gasteiger partial charge in [0, 0.05) is 36.9 Å². The van der Waals surface area contributed by atoms with Crippen LogP contribution in [0.15, 0.2) is 36.9 Å². The van der Waals surface area contributed by atoms with E-state index < -0.39 is 15.7 Å². The third-order valence-corrected chi connectivity index (χ3v) is 5.14. The number of nitrogens with zero attached hydrogens (tertiary/aromatic N) is 3. The van der Waals surface area contributed by atoms with Gasteiger partial charge in [-0.25, -0.2) is 18.4 Å². The molecule has 1 N–H and O–H groups in total. The van der Waals surface area contributed by atoms with Crippen molar-refractivity contribution in [2.24, 2.45) is 5.92 Å². The lowest BCUT2D eigenvalue weighted by molar-refractivity contribution is 0.0955. The van der Waals surface area contributed by atoms with Crippen molar-refractivity contribution >= 4 is 15.7 Å². The van der Waals surface area contributed by atoms with Crippen LogP contribution in [-0.4, -0.2) is 47.3 Å². The summed E-state index contributed by atoms with van der Waals surface area (Å²) in [6.45, 7) is 3.76. The molecule has 7 nitrogen and oxygen atoms in total. The van der Waals surface area contributed by atoms with Crippen LogP contribution < -0.4 is 5.32 Å². The van der Waals surface area contributed by atoms with E-state index in [-0.39, 0.29) is 29.5 Å². The highest BCUT2D eigenvalue weighted by atomic mass is 32.2. The van der Waals surface area contributed by atoms with Gasteiger partial charge < -0.3 is 5.32 Å². The summed E-state index contributed by atoms with van der Waals surface area (Å²) in [5.74, 6) is 0.212. The third-order valence-electron chi connectivity index (χ3n) is 3.14. The molecule has 0 atom stereocenters. The van der Waals surface area contributed by atoms with Crippen LogP contribution in [0.1, 0.15) is 24.2 Å². The van der Waals surface area contributed by atoms with Gasteiger partial charge in [0.25, 0.3) is 5.91 Å². The summed E-state index contributed by atoms with van der Waals surface area (Å²) in [7, 11) is -3.15. The fourth-order valence-corrected chi connectivity index (χ4v) is 3.70. The Morgan fingerprint density at radius 1 is 1.17 bits per heavy atom. The molecule has 2 aromatic rings. The van der Waals surface area contributed by atoms with E-state index in [1.807, 2.05) is 13.8 Å². The monoisotopic (exact) mass is 348 g/mol. The number of hydrogen-bond acceptors (Lipinski definition) is 6. The van der Waals surface area contributed by atoms with Crippen LogP contribution in [0, 0.1) is 5.92 Å². The van der Waals surface area contributed by atoms with Gasteiger partial charge in [-0.2, -0.15) is 0 Å². The summed E-state index contributed by atoms with van der Waals surface area (Å²) in [4.78, 5) is 24.2. The summed E-state index contributed by atoms with van der Waals surface area (Å²) in [5, 5.41) is 2.58. The Bertz CT molecular complexity index is 775. The van der Waals surface area contributed by atoms with Crippen LogP contribution in [0.2, 0.25) is 0 Å². The number of carbonyl (C=O) groups excluding carboxylic acids is 1. The normalized spacial score (nSPS) is 11.5. The minimum absolute atomic E-state index is 0.0693. The molecular weight excluding hydrogens is 328 g/mol. The van der Waals surface area contributed by atoms with E-state index in [4.69, 9.17) is 0 Å². The first-order valence-electron chi connectivity index (χ1n) is 7.58. The fraction of sp³-hybridized carbons (Fsp3) is 0.375. The van der Waals surface area contributed by atoms with Crippen molar-refractivity contribution in [1.29, 1.82) is 0 Å². The van der Waals surface area contributed by atoms with E-state index in [1.54, 1.807) is 24.5 Å². The standard InChI is InChI=1S/C16H20N4O3S/c1-12(2)11-24(22,23)8-7-18-16(21)14-9-19-15(20-10-14)13-3-5-17-6-4-13/h3-6,9-10,12H,7-8,11H2,1-2H3,(H,18,21). The highest BCUT2D eigenvalue weighted by Crippen LogP contribution is 2.12. The van der Waals surface area contributed by atoms with Crippen molar-refractivity contribution < 1.29 is 13.2 Å². The average Bonchev–Trinajstić information content (AvgIpc) is 2.54. The largest absolute Gasteiger partial charge is 0.351 e. The fourth-order valence-electron chi connectivity index (χ4n) is 2.11. The molecule has 0 spiro atoms. The highest BCUT2D eigenvalue weighted by Gasteiger charge is 2.14. The van der Waals surface area contributed by atoms with Gasteiger partial charge >= 0.3 is 0 Å². The highest BCUT2D eigenvalue weighted by molar-refractivity contribution is 7.91. The van der Waals surface area contributed by atoms with Gasteiger partial charge in [0.2, 0.25) is 0 Å². The molecular formula is C16H20N4O3S. The molecule has 8 heteroatoms. The molecule has 0 saturated carbocycles. The van der Waals surface area contributed by atoms with Crippen LogP contribution >= 0.6 is 0 Å². The van der Waals surface area contributed by atoms with Crippen LogP contribution in [-0.2, 0) is 9.84 Å². The lowest BCUT2D eigenvalue weighted by Gasteiger charge is -2.08. The van der Waals surface area contributed by atoms with Gasteiger partial charge in [-0.1, -0.05) is 13.8 Å². The van der Waals surface area contributed by atoms with Crippen molar-refractivity contribution in [3.63, 3.8) is 0 Å². The summed E-state index contributed by atoms with van der Waals surface area (Å²) in [5.41, 5.74) is 1.09. The third kappa shape index (κ3) is 5.38. The lowest BCUT2D eigenvalue weighted by atomic mass is 10.2. The Hall–Kier alpha value is -2.35. The average molecular weight is 348 g/mol. The molecule has 1 amide bonds. The second kappa shape index (κ2) is 7.96. The minimum Gasteiger partial charge on any atom is -0.351 e. The van der Waals surface area contributed by atoms with Crippen LogP contribution in [0.4, 0.5) is 0 Å². The van der Waals surface area contributed by atoms with Crippen molar-refractivity contribution in [3.8, 4) is 11.4 Å². The number of pyridine rings is 1. The number of aromatic nitrogens is 3. The molecule has 24 heavy (non-hydrogen) atoms. The number of carbonyl (C=O) groups is 1. The Morgan fingerprint density at radius 2 is 1.79 bits per heavy atom. The first kappa shape index (κ1) is 18.0. The molecule has 0 bridgehead atoms. The molecule has 2 heterocycles. The predicted octanol–water partition coefficient (Wildman–Crippen LogP) is 1.34. The van der Waals surface area contributed by atoms with E-state index in [0.717, 1.165) is 5.56 Å². The quantitative estimate of drug-likeness (QED) is 0.810. The van der Waals surface area contributed by atoms with Gasteiger partial charge in [-0.3, -0.25) is 9.78 Å². The molecule has 0 fully saturated rings. The maximum absolute atomic E-state index is 12.0. The zero-order chi connectivity index (χ0) is 17.6. The SMILES string of the molecule is CC(C)CS(=O)(=O)CCNC(=O)c1cnc(-c2ccncc2)nc1. The Morgan fingerprint density at radius 3 is 2.38 bits per heavy atom. The summed E-state index contributed by atoms with van der Waals surface area (Å²) < 4.78 is 23.6.